The molecule has 5 nitrogen and oxygen atoms in total. The van der Waals surface area contributed by atoms with Gasteiger partial charge in [-0.05, 0) is 23.8 Å². The van der Waals surface area contributed by atoms with Gasteiger partial charge in [0.15, 0.2) is 0 Å². The molecule has 104 valence electrons. The summed E-state index contributed by atoms with van der Waals surface area (Å²) in [5.41, 5.74) is 2.58. The lowest BCUT2D eigenvalue weighted by atomic mass is 10.1. The predicted octanol–water partition coefficient (Wildman–Crippen LogP) is 3.52. The SMILES string of the molecule is O=C(O)c1cc2c(ccc3oc4cc(CO)ccc4c32)o1. The zero-order valence-corrected chi connectivity index (χ0v) is 10.8. The van der Waals surface area contributed by atoms with Gasteiger partial charge in [0.05, 0.1) is 6.61 Å². The van der Waals surface area contributed by atoms with Crippen molar-refractivity contribution in [1.29, 1.82) is 0 Å². The number of aliphatic hydroxyl groups excluding tert-OH is 1. The number of benzene rings is 2. The fraction of sp³-hybridized carbons (Fsp3) is 0.0625. The van der Waals surface area contributed by atoms with Crippen molar-refractivity contribution in [3.63, 3.8) is 0 Å². The highest BCUT2D eigenvalue weighted by atomic mass is 16.4. The zero-order chi connectivity index (χ0) is 14.6. The third-order valence-corrected chi connectivity index (χ3v) is 3.59. The van der Waals surface area contributed by atoms with E-state index in [1.807, 2.05) is 12.1 Å². The van der Waals surface area contributed by atoms with E-state index >= 15 is 0 Å². The van der Waals surface area contributed by atoms with Crippen molar-refractivity contribution in [3.8, 4) is 0 Å². The van der Waals surface area contributed by atoms with E-state index in [1.165, 1.54) is 6.07 Å². The molecular formula is C16H10O5. The first kappa shape index (κ1) is 12.0. The van der Waals surface area contributed by atoms with E-state index in [2.05, 4.69) is 0 Å². The van der Waals surface area contributed by atoms with Crippen molar-refractivity contribution in [2.24, 2.45) is 0 Å². The molecule has 0 spiro atoms. The molecule has 0 amide bonds. The van der Waals surface area contributed by atoms with Gasteiger partial charge in [0.1, 0.15) is 16.7 Å². The monoisotopic (exact) mass is 282 g/mol. The molecule has 21 heavy (non-hydrogen) atoms. The number of hydrogen-bond donors (Lipinski definition) is 2. The molecule has 0 saturated carbocycles. The minimum Gasteiger partial charge on any atom is -0.475 e. The highest BCUT2D eigenvalue weighted by Crippen LogP contribution is 2.36. The summed E-state index contributed by atoms with van der Waals surface area (Å²) < 4.78 is 11.1. The van der Waals surface area contributed by atoms with Gasteiger partial charge in [0.2, 0.25) is 5.76 Å². The first-order valence-electron chi connectivity index (χ1n) is 6.39. The summed E-state index contributed by atoms with van der Waals surface area (Å²) in [7, 11) is 0. The van der Waals surface area contributed by atoms with Crippen LogP contribution in [0.15, 0.2) is 45.2 Å². The van der Waals surface area contributed by atoms with Crippen LogP contribution in [0.1, 0.15) is 16.1 Å². The summed E-state index contributed by atoms with van der Waals surface area (Å²) in [5.74, 6) is -1.20. The van der Waals surface area contributed by atoms with Crippen LogP contribution in [0.3, 0.4) is 0 Å². The Labute approximate surface area is 118 Å². The van der Waals surface area contributed by atoms with E-state index in [4.69, 9.17) is 13.9 Å². The van der Waals surface area contributed by atoms with E-state index in [1.54, 1.807) is 18.2 Å². The number of carboxylic acids is 1. The molecule has 4 aromatic rings. The van der Waals surface area contributed by atoms with Gasteiger partial charge in [-0.1, -0.05) is 12.1 Å². The molecule has 0 radical (unpaired) electrons. The Bertz CT molecular complexity index is 1010. The van der Waals surface area contributed by atoms with Gasteiger partial charge in [0, 0.05) is 22.2 Å². The van der Waals surface area contributed by atoms with Crippen LogP contribution in [0.25, 0.3) is 32.9 Å². The Kier molecular flexibility index (Phi) is 2.34. The van der Waals surface area contributed by atoms with Crippen molar-refractivity contribution >= 4 is 38.9 Å². The molecule has 0 atom stereocenters. The summed E-state index contributed by atoms with van der Waals surface area (Å²) in [5, 5.41) is 20.6. The average Bonchev–Trinajstić information content (AvgIpc) is 3.06. The fourth-order valence-electron chi connectivity index (χ4n) is 2.63. The maximum atomic E-state index is 11.0. The largest absolute Gasteiger partial charge is 0.475 e. The first-order chi connectivity index (χ1) is 10.2. The normalized spacial score (nSPS) is 11.7. The Morgan fingerprint density at radius 1 is 0.952 bits per heavy atom. The van der Waals surface area contributed by atoms with Crippen LogP contribution < -0.4 is 0 Å². The molecule has 0 unspecified atom stereocenters. The smallest absolute Gasteiger partial charge is 0.371 e. The standard InChI is InChI=1S/C16H10O5/c17-7-8-1-2-9-13(5-8)21-12-4-3-11-10(15(9)12)6-14(20-11)16(18)19/h1-6,17H,7H2,(H,18,19). The summed E-state index contributed by atoms with van der Waals surface area (Å²) in [6, 6.07) is 10.4. The Morgan fingerprint density at radius 3 is 2.52 bits per heavy atom. The molecule has 2 aromatic carbocycles. The third kappa shape index (κ3) is 1.64. The second-order valence-electron chi connectivity index (χ2n) is 4.86. The average molecular weight is 282 g/mol. The molecular weight excluding hydrogens is 272 g/mol. The van der Waals surface area contributed by atoms with Crippen LogP contribution in [-0.4, -0.2) is 16.2 Å². The molecule has 2 aromatic heterocycles. The van der Waals surface area contributed by atoms with Gasteiger partial charge >= 0.3 is 5.97 Å². The highest BCUT2D eigenvalue weighted by molar-refractivity contribution is 6.18. The molecule has 0 bridgehead atoms. The maximum Gasteiger partial charge on any atom is 0.371 e. The number of rotatable bonds is 2. The quantitative estimate of drug-likeness (QED) is 0.587. The number of fused-ring (bicyclic) bond motifs is 5. The number of aromatic carboxylic acids is 1. The number of hydrogen-bond acceptors (Lipinski definition) is 4. The van der Waals surface area contributed by atoms with Gasteiger partial charge in [-0.15, -0.1) is 0 Å². The van der Waals surface area contributed by atoms with Crippen LogP contribution in [0.4, 0.5) is 0 Å². The molecule has 0 aliphatic heterocycles. The Morgan fingerprint density at radius 2 is 1.76 bits per heavy atom. The van der Waals surface area contributed by atoms with E-state index < -0.39 is 5.97 Å². The molecule has 2 heterocycles. The van der Waals surface area contributed by atoms with Gasteiger partial charge in [-0.3, -0.25) is 0 Å². The molecule has 0 aliphatic carbocycles. The number of aliphatic hydroxyl groups is 1. The van der Waals surface area contributed by atoms with Crippen molar-refractivity contribution in [1.82, 2.24) is 0 Å². The molecule has 5 heteroatoms. The van der Waals surface area contributed by atoms with Gasteiger partial charge in [-0.25, -0.2) is 4.79 Å². The van der Waals surface area contributed by atoms with Crippen molar-refractivity contribution in [2.75, 3.05) is 0 Å². The minimum atomic E-state index is -1.10. The highest BCUT2D eigenvalue weighted by Gasteiger charge is 2.16. The van der Waals surface area contributed by atoms with Crippen LogP contribution >= 0.6 is 0 Å². The third-order valence-electron chi connectivity index (χ3n) is 3.59. The fourth-order valence-corrected chi connectivity index (χ4v) is 2.63. The molecule has 0 fully saturated rings. The lowest BCUT2D eigenvalue weighted by molar-refractivity contribution is 0.0665. The lowest BCUT2D eigenvalue weighted by Gasteiger charge is -1.94. The second-order valence-corrected chi connectivity index (χ2v) is 4.86. The van der Waals surface area contributed by atoms with Gasteiger partial charge in [0.25, 0.3) is 0 Å². The second kappa shape index (κ2) is 4.10. The van der Waals surface area contributed by atoms with Crippen LogP contribution in [0.5, 0.6) is 0 Å². The topological polar surface area (TPSA) is 83.8 Å². The maximum absolute atomic E-state index is 11.0. The Hall–Kier alpha value is -2.79. The number of carbonyl (C=O) groups is 1. The summed E-state index contributed by atoms with van der Waals surface area (Å²) in [4.78, 5) is 11.0. The molecule has 4 rings (SSSR count). The predicted molar refractivity (Wildman–Crippen MR) is 76.4 cm³/mol. The van der Waals surface area contributed by atoms with Crippen molar-refractivity contribution < 1.29 is 23.8 Å². The van der Waals surface area contributed by atoms with Crippen LogP contribution in [0, 0.1) is 0 Å². The summed E-state index contributed by atoms with van der Waals surface area (Å²) >= 11 is 0. The van der Waals surface area contributed by atoms with Crippen molar-refractivity contribution in [2.45, 2.75) is 6.61 Å². The molecule has 0 saturated heterocycles. The van der Waals surface area contributed by atoms with Crippen LogP contribution in [-0.2, 0) is 6.61 Å². The Balaban J connectivity index is 2.15. The zero-order valence-electron chi connectivity index (χ0n) is 10.8. The van der Waals surface area contributed by atoms with Gasteiger partial charge < -0.3 is 19.0 Å². The number of furan rings is 2. The molecule has 0 aliphatic rings. The summed E-state index contributed by atoms with van der Waals surface area (Å²) in [6.07, 6.45) is 0. The van der Waals surface area contributed by atoms with Crippen molar-refractivity contribution in [3.05, 3.63) is 47.7 Å². The van der Waals surface area contributed by atoms with E-state index in [0.29, 0.717) is 22.1 Å². The first-order valence-corrected chi connectivity index (χ1v) is 6.39. The molecule has 2 N–H and O–H groups in total. The number of carboxylic acid groups (broad SMARTS) is 1. The van der Waals surface area contributed by atoms with Gasteiger partial charge in [-0.2, -0.15) is 0 Å². The van der Waals surface area contributed by atoms with E-state index in [-0.39, 0.29) is 12.4 Å². The van der Waals surface area contributed by atoms with E-state index in [0.717, 1.165) is 16.3 Å². The minimum absolute atomic E-state index is 0.0583. The lowest BCUT2D eigenvalue weighted by Crippen LogP contribution is -1.91. The van der Waals surface area contributed by atoms with Crippen LogP contribution in [0.2, 0.25) is 0 Å². The summed E-state index contributed by atoms with van der Waals surface area (Å²) in [6.45, 7) is -0.0583. The van der Waals surface area contributed by atoms with E-state index in [9.17, 15) is 9.90 Å².